The van der Waals surface area contributed by atoms with Gasteiger partial charge in [-0.3, -0.25) is 4.79 Å². The SMILES string of the molecule is CCCCNC(=O)C1CCN(S(=O)(=O)CBr)CC1. The number of hydrogen-bond donors (Lipinski definition) is 1. The number of amides is 1. The maximum Gasteiger partial charge on any atom is 0.224 e. The van der Waals surface area contributed by atoms with Crippen molar-refractivity contribution in [1.82, 2.24) is 9.62 Å². The van der Waals surface area contributed by atoms with Crippen molar-refractivity contribution in [2.45, 2.75) is 32.6 Å². The molecule has 1 aliphatic rings. The smallest absolute Gasteiger partial charge is 0.224 e. The lowest BCUT2D eigenvalue weighted by Gasteiger charge is -2.29. The van der Waals surface area contributed by atoms with E-state index in [0.29, 0.717) is 25.9 Å². The average Bonchev–Trinajstić information content (AvgIpc) is 2.39. The monoisotopic (exact) mass is 340 g/mol. The minimum atomic E-state index is -3.17. The summed E-state index contributed by atoms with van der Waals surface area (Å²) in [5.74, 6) is 0.0305. The van der Waals surface area contributed by atoms with Crippen molar-refractivity contribution < 1.29 is 13.2 Å². The second kappa shape index (κ2) is 7.45. The van der Waals surface area contributed by atoms with Crippen LogP contribution in [0.2, 0.25) is 0 Å². The standard InChI is InChI=1S/C11H21BrN2O3S/c1-2-3-6-13-11(15)10-4-7-14(8-5-10)18(16,17)9-12/h10H,2-9H2,1H3,(H,13,15). The predicted molar refractivity (Wildman–Crippen MR) is 74.9 cm³/mol. The van der Waals surface area contributed by atoms with E-state index in [0.717, 1.165) is 19.4 Å². The molecule has 0 saturated carbocycles. The Balaban J connectivity index is 2.37. The molecule has 0 radical (unpaired) electrons. The summed E-state index contributed by atoms with van der Waals surface area (Å²) in [4.78, 5) is 11.8. The van der Waals surface area contributed by atoms with Gasteiger partial charge in [0.2, 0.25) is 15.9 Å². The molecule has 1 saturated heterocycles. The van der Waals surface area contributed by atoms with Crippen molar-refractivity contribution in [2.24, 2.45) is 5.92 Å². The summed E-state index contributed by atoms with van der Waals surface area (Å²) in [5, 5.41) is 2.90. The lowest BCUT2D eigenvalue weighted by molar-refractivity contribution is -0.126. The summed E-state index contributed by atoms with van der Waals surface area (Å²) >= 11 is 2.98. The van der Waals surface area contributed by atoms with Crippen LogP contribution in [0.5, 0.6) is 0 Å². The van der Waals surface area contributed by atoms with E-state index < -0.39 is 10.0 Å². The lowest BCUT2D eigenvalue weighted by Crippen LogP contribution is -2.43. The van der Waals surface area contributed by atoms with E-state index in [2.05, 4.69) is 28.2 Å². The highest BCUT2D eigenvalue weighted by Gasteiger charge is 2.30. The third-order valence-corrected chi connectivity index (χ3v) is 6.35. The van der Waals surface area contributed by atoms with Gasteiger partial charge in [-0.25, -0.2) is 12.7 Å². The summed E-state index contributed by atoms with van der Waals surface area (Å²) in [6.45, 7) is 3.69. The quantitative estimate of drug-likeness (QED) is 0.585. The van der Waals surface area contributed by atoms with Gasteiger partial charge in [0.1, 0.15) is 4.66 Å². The number of piperidine rings is 1. The highest BCUT2D eigenvalue weighted by atomic mass is 79.9. The fourth-order valence-corrected chi connectivity index (χ4v) is 3.77. The fourth-order valence-electron chi connectivity index (χ4n) is 2.00. The van der Waals surface area contributed by atoms with Crippen LogP contribution in [0, 0.1) is 5.92 Å². The maximum atomic E-state index is 11.8. The van der Waals surface area contributed by atoms with Crippen molar-refractivity contribution in [2.75, 3.05) is 24.3 Å². The van der Waals surface area contributed by atoms with Crippen LogP contribution in [-0.4, -0.2) is 42.9 Å². The van der Waals surface area contributed by atoms with E-state index in [-0.39, 0.29) is 16.5 Å². The Kier molecular flexibility index (Phi) is 6.59. The number of carbonyl (C=O) groups is 1. The highest BCUT2D eigenvalue weighted by molar-refractivity contribution is 9.10. The molecule has 5 nitrogen and oxygen atoms in total. The van der Waals surface area contributed by atoms with E-state index in [4.69, 9.17) is 0 Å². The summed E-state index contributed by atoms with van der Waals surface area (Å²) in [5.41, 5.74) is 0. The number of halogens is 1. The van der Waals surface area contributed by atoms with Crippen molar-refractivity contribution in [1.29, 1.82) is 0 Å². The van der Waals surface area contributed by atoms with Gasteiger partial charge in [0.25, 0.3) is 0 Å². The van der Waals surface area contributed by atoms with Crippen molar-refractivity contribution in [3.63, 3.8) is 0 Å². The molecule has 106 valence electrons. The Hall–Kier alpha value is -0.140. The Morgan fingerprint density at radius 3 is 2.50 bits per heavy atom. The summed E-state index contributed by atoms with van der Waals surface area (Å²) in [6, 6.07) is 0. The molecule has 0 unspecified atom stereocenters. The third kappa shape index (κ3) is 4.51. The van der Waals surface area contributed by atoms with E-state index >= 15 is 0 Å². The summed E-state index contributed by atoms with van der Waals surface area (Å²) in [7, 11) is -3.17. The molecule has 0 atom stereocenters. The van der Waals surface area contributed by atoms with Crippen molar-refractivity contribution in [3.8, 4) is 0 Å². The first-order chi connectivity index (χ1) is 8.51. The molecule has 1 heterocycles. The number of carbonyl (C=O) groups excluding carboxylic acids is 1. The Labute approximate surface area is 117 Å². The van der Waals surface area contributed by atoms with E-state index in [1.54, 1.807) is 0 Å². The normalized spacial score (nSPS) is 18.8. The molecule has 7 heteroatoms. The number of unbranched alkanes of at least 4 members (excludes halogenated alkanes) is 1. The molecule has 1 N–H and O–H groups in total. The second-order valence-corrected chi connectivity index (χ2v) is 7.81. The topological polar surface area (TPSA) is 66.5 Å². The molecule has 1 rings (SSSR count). The fraction of sp³-hybridized carbons (Fsp3) is 0.909. The van der Waals surface area contributed by atoms with Gasteiger partial charge in [0, 0.05) is 25.6 Å². The molecule has 18 heavy (non-hydrogen) atoms. The molecule has 0 aromatic carbocycles. The van der Waals surface area contributed by atoms with Gasteiger partial charge >= 0.3 is 0 Å². The van der Waals surface area contributed by atoms with Crippen molar-refractivity contribution >= 4 is 31.9 Å². The highest BCUT2D eigenvalue weighted by Crippen LogP contribution is 2.20. The molecular formula is C11H21BrN2O3S. The second-order valence-electron chi connectivity index (χ2n) is 4.54. The molecule has 0 aromatic heterocycles. The summed E-state index contributed by atoms with van der Waals surface area (Å²) in [6.07, 6.45) is 3.28. The zero-order valence-electron chi connectivity index (χ0n) is 10.7. The Morgan fingerprint density at radius 1 is 1.39 bits per heavy atom. The average molecular weight is 341 g/mol. The Morgan fingerprint density at radius 2 is 2.00 bits per heavy atom. The van der Waals surface area contributed by atoms with Gasteiger partial charge in [-0.2, -0.15) is 0 Å². The van der Waals surface area contributed by atoms with Crippen LogP contribution in [0.15, 0.2) is 0 Å². The van der Waals surface area contributed by atoms with Gasteiger partial charge in [-0.05, 0) is 19.3 Å². The third-order valence-electron chi connectivity index (χ3n) is 3.19. The first-order valence-electron chi connectivity index (χ1n) is 6.32. The van der Waals surface area contributed by atoms with Gasteiger partial charge in [0.05, 0.1) is 0 Å². The van der Waals surface area contributed by atoms with Crippen LogP contribution in [0.1, 0.15) is 32.6 Å². The molecule has 0 bridgehead atoms. The van der Waals surface area contributed by atoms with Crippen LogP contribution < -0.4 is 5.32 Å². The van der Waals surface area contributed by atoms with Gasteiger partial charge in [0.15, 0.2) is 0 Å². The lowest BCUT2D eigenvalue weighted by atomic mass is 9.97. The number of hydrogen-bond acceptors (Lipinski definition) is 3. The number of nitrogens with one attached hydrogen (secondary N) is 1. The molecule has 1 amide bonds. The van der Waals surface area contributed by atoms with Crippen LogP contribution in [0.25, 0.3) is 0 Å². The van der Waals surface area contributed by atoms with Crippen LogP contribution in [0.4, 0.5) is 0 Å². The number of alkyl halides is 1. The molecule has 1 aliphatic heterocycles. The minimum absolute atomic E-state index is 0.0383. The van der Waals surface area contributed by atoms with E-state index in [1.807, 2.05) is 0 Å². The molecule has 0 spiro atoms. The molecule has 1 fully saturated rings. The number of rotatable bonds is 6. The minimum Gasteiger partial charge on any atom is -0.356 e. The number of nitrogens with zero attached hydrogens (tertiary/aromatic N) is 1. The zero-order chi connectivity index (χ0) is 13.6. The zero-order valence-corrected chi connectivity index (χ0v) is 13.1. The van der Waals surface area contributed by atoms with Crippen LogP contribution in [-0.2, 0) is 14.8 Å². The van der Waals surface area contributed by atoms with Crippen molar-refractivity contribution in [3.05, 3.63) is 0 Å². The molecule has 0 aliphatic carbocycles. The molecular weight excluding hydrogens is 320 g/mol. The molecule has 0 aromatic rings. The number of sulfonamides is 1. The maximum absolute atomic E-state index is 11.8. The van der Waals surface area contributed by atoms with Gasteiger partial charge in [-0.15, -0.1) is 0 Å². The summed E-state index contributed by atoms with van der Waals surface area (Å²) < 4.78 is 24.6. The Bertz CT molecular complexity index is 364. The van der Waals surface area contributed by atoms with E-state index in [1.165, 1.54) is 4.31 Å². The predicted octanol–water partition coefficient (Wildman–Crippen LogP) is 1.30. The van der Waals surface area contributed by atoms with E-state index in [9.17, 15) is 13.2 Å². The van der Waals surface area contributed by atoms with Gasteiger partial charge < -0.3 is 5.32 Å². The first-order valence-corrected chi connectivity index (χ1v) is 9.05. The van der Waals surface area contributed by atoms with Crippen LogP contribution >= 0.6 is 15.9 Å². The largest absolute Gasteiger partial charge is 0.356 e. The van der Waals surface area contributed by atoms with Crippen LogP contribution in [0.3, 0.4) is 0 Å². The first kappa shape index (κ1) is 15.9. The van der Waals surface area contributed by atoms with Gasteiger partial charge in [-0.1, -0.05) is 29.3 Å².